The third kappa shape index (κ3) is 5.59. The van der Waals surface area contributed by atoms with Crippen LogP contribution in [0.3, 0.4) is 0 Å². The number of halogens is 3. The van der Waals surface area contributed by atoms with Crippen molar-refractivity contribution in [3.8, 4) is 0 Å². The molecule has 7 nitrogen and oxygen atoms in total. The van der Waals surface area contributed by atoms with Gasteiger partial charge in [-0.2, -0.15) is 13.2 Å². The summed E-state index contributed by atoms with van der Waals surface area (Å²) in [6, 6.07) is 4.07. The van der Waals surface area contributed by atoms with E-state index in [0.29, 0.717) is 5.96 Å². The van der Waals surface area contributed by atoms with Gasteiger partial charge in [-0.1, -0.05) is 0 Å². The number of aliphatic imine (C=N–C) groups is 1. The van der Waals surface area contributed by atoms with Crippen molar-refractivity contribution in [2.75, 3.05) is 44.2 Å². The number of amides is 1. The Morgan fingerprint density at radius 1 is 1.21 bits per heavy atom. The Morgan fingerprint density at radius 3 is 2.48 bits per heavy atom. The molecule has 0 unspecified atom stereocenters. The van der Waals surface area contributed by atoms with Crippen LogP contribution in [0.2, 0.25) is 0 Å². The van der Waals surface area contributed by atoms with Gasteiger partial charge in [-0.15, -0.1) is 11.3 Å². The fourth-order valence-electron chi connectivity index (χ4n) is 2.85. The molecule has 11 heteroatoms. The molecule has 1 aromatic heterocycles. The fraction of sp³-hybridized carbons (Fsp3) is 0.389. The Balaban J connectivity index is 1.41. The zero-order chi connectivity index (χ0) is 20.9. The number of alkyl halides is 3. The molecule has 1 aromatic carbocycles. The quantitative estimate of drug-likeness (QED) is 0.434. The molecule has 29 heavy (non-hydrogen) atoms. The first-order chi connectivity index (χ1) is 13.8. The van der Waals surface area contributed by atoms with E-state index in [2.05, 4.69) is 20.2 Å². The van der Waals surface area contributed by atoms with E-state index < -0.39 is 17.6 Å². The van der Waals surface area contributed by atoms with Crippen LogP contribution < -0.4 is 16.0 Å². The van der Waals surface area contributed by atoms with Gasteiger partial charge in [0.25, 0.3) is 5.91 Å². The minimum Gasteiger partial charge on any atom is -0.370 e. The van der Waals surface area contributed by atoms with E-state index in [9.17, 15) is 18.0 Å². The molecule has 1 fully saturated rings. The van der Waals surface area contributed by atoms with Gasteiger partial charge >= 0.3 is 6.18 Å². The highest BCUT2D eigenvalue weighted by Gasteiger charge is 2.30. The topological polar surface area (TPSA) is 86.8 Å². The third-order valence-corrected chi connectivity index (χ3v) is 5.27. The first-order valence-electron chi connectivity index (χ1n) is 8.99. The maximum Gasteiger partial charge on any atom is 0.416 e. The molecular weight excluding hydrogens is 405 g/mol. The number of rotatable bonds is 5. The highest BCUT2D eigenvalue weighted by atomic mass is 32.1. The molecule has 0 atom stereocenters. The first kappa shape index (κ1) is 20.9. The molecule has 1 amide bonds. The van der Waals surface area contributed by atoms with Crippen molar-refractivity contribution >= 4 is 28.3 Å². The van der Waals surface area contributed by atoms with Gasteiger partial charge in [0.2, 0.25) is 0 Å². The van der Waals surface area contributed by atoms with Gasteiger partial charge < -0.3 is 20.9 Å². The van der Waals surface area contributed by atoms with E-state index in [1.165, 1.54) is 0 Å². The highest BCUT2D eigenvalue weighted by Crippen LogP contribution is 2.29. The van der Waals surface area contributed by atoms with Crippen molar-refractivity contribution in [2.45, 2.75) is 6.18 Å². The molecule has 1 aliphatic heterocycles. The number of thiazole rings is 1. The van der Waals surface area contributed by atoms with Gasteiger partial charge in [-0.05, 0) is 24.3 Å². The summed E-state index contributed by atoms with van der Waals surface area (Å²) in [5.74, 6) is -0.0443. The lowest BCUT2D eigenvalue weighted by atomic mass is 10.1. The molecule has 0 aliphatic carbocycles. The number of piperazine rings is 1. The maximum absolute atomic E-state index is 12.6. The zero-order valence-corrected chi connectivity index (χ0v) is 16.3. The summed E-state index contributed by atoms with van der Waals surface area (Å²) < 4.78 is 37.7. The normalized spacial score (nSPS) is 15.5. The monoisotopic (exact) mass is 426 g/mol. The third-order valence-electron chi connectivity index (χ3n) is 4.44. The van der Waals surface area contributed by atoms with Gasteiger partial charge in [0, 0.05) is 49.9 Å². The number of aromatic nitrogens is 1. The molecule has 1 aliphatic rings. The summed E-state index contributed by atoms with van der Waals surface area (Å²) in [6.07, 6.45) is -2.64. The number of nitrogens with two attached hydrogens (primary N) is 1. The average molecular weight is 426 g/mol. The number of hydrogen-bond donors (Lipinski definition) is 2. The lowest BCUT2D eigenvalue weighted by Gasteiger charge is -2.35. The number of carbonyl (C=O) groups excluding carboxylic acids is 1. The summed E-state index contributed by atoms with van der Waals surface area (Å²) in [5.41, 5.74) is 5.39. The average Bonchev–Trinajstić information content (AvgIpc) is 3.25. The standard InChI is InChI=1S/C18H21F3N6OS/c19-18(20,21)14-3-1-13(2-4-14)15(28)23-5-6-24-16(22)26-8-10-27(11-9-26)17-25-7-12-29-17/h1-4,7,12H,5-6,8-11H2,(H2,22,24)(H,23,28). The molecule has 0 radical (unpaired) electrons. The molecule has 2 heterocycles. The van der Waals surface area contributed by atoms with Crippen LogP contribution in [-0.4, -0.2) is 61.0 Å². The molecule has 0 bridgehead atoms. The van der Waals surface area contributed by atoms with Crippen molar-refractivity contribution in [1.29, 1.82) is 0 Å². The lowest BCUT2D eigenvalue weighted by molar-refractivity contribution is -0.137. The number of hydrogen-bond acceptors (Lipinski definition) is 5. The van der Waals surface area contributed by atoms with Crippen LogP contribution in [-0.2, 0) is 6.18 Å². The van der Waals surface area contributed by atoms with Crippen LogP contribution in [0.1, 0.15) is 15.9 Å². The summed E-state index contributed by atoms with van der Waals surface area (Å²) in [7, 11) is 0. The number of anilines is 1. The second-order valence-corrected chi connectivity index (χ2v) is 7.23. The molecule has 3 rings (SSSR count). The molecule has 0 spiro atoms. The second kappa shape index (κ2) is 9.12. The summed E-state index contributed by atoms with van der Waals surface area (Å²) in [5, 5.41) is 5.56. The van der Waals surface area contributed by atoms with E-state index in [0.717, 1.165) is 55.6 Å². The molecular formula is C18H21F3N6OS. The van der Waals surface area contributed by atoms with Crippen molar-refractivity contribution in [3.63, 3.8) is 0 Å². The Kier molecular flexibility index (Phi) is 6.57. The predicted octanol–water partition coefficient (Wildman–Crippen LogP) is 2.03. The minimum atomic E-state index is -4.42. The SMILES string of the molecule is NC(=NCCNC(=O)c1ccc(C(F)(F)F)cc1)N1CCN(c2nccs2)CC1. The smallest absolute Gasteiger partial charge is 0.370 e. The van der Waals surface area contributed by atoms with Crippen LogP contribution in [0, 0.1) is 0 Å². The Labute approximate surface area is 170 Å². The van der Waals surface area contributed by atoms with Gasteiger partial charge in [0.15, 0.2) is 11.1 Å². The second-order valence-electron chi connectivity index (χ2n) is 6.36. The number of nitrogens with zero attached hydrogens (tertiary/aromatic N) is 4. The fourth-order valence-corrected chi connectivity index (χ4v) is 3.55. The van der Waals surface area contributed by atoms with E-state index >= 15 is 0 Å². The predicted molar refractivity (Wildman–Crippen MR) is 106 cm³/mol. The number of nitrogens with one attached hydrogen (secondary N) is 1. The van der Waals surface area contributed by atoms with Crippen molar-refractivity contribution in [1.82, 2.24) is 15.2 Å². The molecule has 2 aromatic rings. The van der Waals surface area contributed by atoms with Crippen molar-refractivity contribution < 1.29 is 18.0 Å². The van der Waals surface area contributed by atoms with Crippen LogP contribution in [0.4, 0.5) is 18.3 Å². The van der Waals surface area contributed by atoms with E-state index in [1.54, 1.807) is 17.5 Å². The number of carbonyl (C=O) groups is 1. The van der Waals surface area contributed by atoms with Gasteiger partial charge in [-0.25, -0.2) is 4.98 Å². The first-order valence-corrected chi connectivity index (χ1v) is 9.87. The number of benzene rings is 1. The molecule has 1 saturated heterocycles. The Morgan fingerprint density at radius 2 is 1.90 bits per heavy atom. The van der Waals surface area contributed by atoms with E-state index in [4.69, 9.17) is 5.73 Å². The largest absolute Gasteiger partial charge is 0.416 e. The van der Waals surface area contributed by atoms with Crippen LogP contribution >= 0.6 is 11.3 Å². The van der Waals surface area contributed by atoms with Crippen LogP contribution in [0.5, 0.6) is 0 Å². The Bertz CT molecular complexity index is 830. The zero-order valence-electron chi connectivity index (χ0n) is 15.5. The van der Waals surface area contributed by atoms with Crippen molar-refractivity contribution in [2.24, 2.45) is 10.7 Å². The Hall–Kier alpha value is -2.82. The summed E-state index contributed by atoms with van der Waals surface area (Å²) in [4.78, 5) is 24.7. The van der Waals surface area contributed by atoms with Gasteiger partial charge in [-0.3, -0.25) is 9.79 Å². The lowest BCUT2D eigenvalue weighted by Crippen LogP contribution is -2.51. The maximum atomic E-state index is 12.6. The molecule has 3 N–H and O–H groups in total. The molecule has 0 saturated carbocycles. The van der Waals surface area contributed by atoms with Gasteiger partial charge in [0.05, 0.1) is 12.1 Å². The summed E-state index contributed by atoms with van der Waals surface area (Å²) >= 11 is 1.60. The minimum absolute atomic E-state index is 0.160. The summed E-state index contributed by atoms with van der Waals surface area (Å²) in [6.45, 7) is 3.58. The number of guanidine groups is 1. The highest BCUT2D eigenvalue weighted by molar-refractivity contribution is 7.13. The van der Waals surface area contributed by atoms with Gasteiger partial charge in [0.1, 0.15) is 0 Å². The molecule has 156 valence electrons. The van der Waals surface area contributed by atoms with E-state index in [-0.39, 0.29) is 18.7 Å². The van der Waals surface area contributed by atoms with Crippen LogP contribution in [0.15, 0.2) is 40.8 Å². The van der Waals surface area contributed by atoms with Crippen LogP contribution in [0.25, 0.3) is 0 Å². The van der Waals surface area contributed by atoms with E-state index in [1.807, 2.05) is 10.3 Å². The van der Waals surface area contributed by atoms with Crippen molar-refractivity contribution in [3.05, 3.63) is 47.0 Å².